The van der Waals surface area contributed by atoms with E-state index in [1.165, 1.54) is 57.8 Å². The number of rotatable bonds is 2. The van der Waals surface area contributed by atoms with Crippen molar-refractivity contribution in [2.24, 2.45) is 23.7 Å². The Kier molecular flexibility index (Phi) is 3.21. The van der Waals surface area contributed by atoms with E-state index < -0.39 is 0 Å². The third kappa shape index (κ3) is 2.39. The SMILES string of the molecule is S=C(NC1CCCC1)NC1C2CC3CC(C2)CC1C3. The molecule has 0 amide bonds. The highest BCUT2D eigenvalue weighted by Gasteiger charge is 2.48. The normalized spacial score (nSPS) is 44.5. The van der Waals surface area contributed by atoms with Gasteiger partial charge in [0.25, 0.3) is 0 Å². The molecule has 3 heteroatoms. The molecule has 5 fully saturated rings. The monoisotopic (exact) mass is 278 g/mol. The highest BCUT2D eigenvalue weighted by molar-refractivity contribution is 7.80. The smallest absolute Gasteiger partial charge is 0.166 e. The van der Waals surface area contributed by atoms with Gasteiger partial charge in [-0.15, -0.1) is 0 Å². The summed E-state index contributed by atoms with van der Waals surface area (Å²) in [6, 6.07) is 1.34. The van der Waals surface area contributed by atoms with Crippen molar-refractivity contribution in [1.29, 1.82) is 0 Å². The predicted octanol–water partition coefficient (Wildman–Crippen LogP) is 3.22. The molecule has 0 atom stereocenters. The summed E-state index contributed by atoms with van der Waals surface area (Å²) in [6.45, 7) is 0. The quantitative estimate of drug-likeness (QED) is 0.759. The molecule has 0 radical (unpaired) electrons. The molecule has 5 saturated carbocycles. The summed E-state index contributed by atoms with van der Waals surface area (Å²) in [5.41, 5.74) is 0. The molecule has 5 aliphatic rings. The summed E-state index contributed by atoms with van der Waals surface area (Å²) < 4.78 is 0. The molecular weight excluding hydrogens is 252 g/mol. The molecule has 0 aromatic heterocycles. The molecule has 106 valence electrons. The van der Waals surface area contributed by atoms with Crippen molar-refractivity contribution in [3.8, 4) is 0 Å². The van der Waals surface area contributed by atoms with E-state index in [1.54, 1.807) is 0 Å². The molecule has 0 aromatic rings. The maximum Gasteiger partial charge on any atom is 0.166 e. The summed E-state index contributed by atoms with van der Waals surface area (Å²) in [4.78, 5) is 0. The Hall–Kier alpha value is -0.310. The minimum absolute atomic E-state index is 0.650. The molecule has 2 N–H and O–H groups in total. The fourth-order valence-electron chi connectivity index (χ4n) is 5.61. The Bertz CT molecular complexity index is 334. The molecule has 4 bridgehead atoms. The van der Waals surface area contributed by atoms with E-state index >= 15 is 0 Å². The number of hydrogen-bond acceptors (Lipinski definition) is 1. The largest absolute Gasteiger partial charge is 0.360 e. The summed E-state index contributed by atoms with van der Waals surface area (Å²) in [6.07, 6.45) is 12.8. The first-order valence-corrected chi connectivity index (χ1v) is 8.76. The van der Waals surface area contributed by atoms with Gasteiger partial charge in [0.15, 0.2) is 5.11 Å². The van der Waals surface area contributed by atoms with Crippen LogP contribution < -0.4 is 10.6 Å². The lowest BCUT2D eigenvalue weighted by molar-refractivity contribution is -0.00698. The minimum Gasteiger partial charge on any atom is -0.360 e. The molecule has 0 spiro atoms. The van der Waals surface area contributed by atoms with Gasteiger partial charge in [0.1, 0.15) is 0 Å². The van der Waals surface area contributed by atoms with Crippen LogP contribution in [0.1, 0.15) is 57.8 Å². The van der Waals surface area contributed by atoms with Crippen molar-refractivity contribution >= 4 is 17.3 Å². The van der Waals surface area contributed by atoms with Crippen LogP contribution in [0.25, 0.3) is 0 Å². The highest BCUT2D eigenvalue weighted by Crippen LogP contribution is 2.53. The lowest BCUT2D eigenvalue weighted by atomic mass is 9.54. The zero-order valence-corrected chi connectivity index (χ0v) is 12.6. The fourth-order valence-corrected chi connectivity index (χ4v) is 5.91. The maximum atomic E-state index is 5.57. The lowest BCUT2D eigenvalue weighted by Crippen LogP contribution is -2.58. The summed E-state index contributed by atoms with van der Waals surface area (Å²) in [7, 11) is 0. The summed E-state index contributed by atoms with van der Waals surface area (Å²) in [5.74, 6) is 3.94. The van der Waals surface area contributed by atoms with E-state index in [0.29, 0.717) is 12.1 Å². The standard InChI is InChI=1S/C16H26N2S/c19-16(17-14-3-1-2-4-14)18-15-12-6-10-5-11(8-12)9-13(15)7-10/h10-15H,1-9H2,(H2,17,18,19). The van der Waals surface area contributed by atoms with Crippen molar-refractivity contribution < 1.29 is 0 Å². The van der Waals surface area contributed by atoms with E-state index in [0.717, 1.165) is 28.8 Å². The van der Waals surface area contributed by atoms with Crippen LogP contribution in [0.2, 0.25) is 0 Å². The van der Waals surface area contributed by atoms with E-state index in [9.17, 15) is 0 Å². The molecule has 5 aliphatic carbocycles. The van der Waals surface area contributed by atoms with Gasteiger partial charge in [-0.05, 0) is 80.8 Å². The van der Waals surface area contributed by atoms with Gasteiger partial charge in [0.2, 0.25) is 0 Å². The Morgan fingerprint density at radius 3 is 1.95 bits per heavy atom. The maximum absolute atomic E-state index is 5.57. The molecule has 0 aromatic carbocycles. The lowest BCUT2D eigenvalue weighted by Gasteiger charge is -2.54. The van der Waals surface area contributed by atoms with Crippen molar-refractivity contribution in [2.75, 3.05) is 0 Å². The van der Waals surface area contributed by atoms with Crippen molar-refractivity contribution in [1.82, 2.24) is 10.6 Å². The van der Waals surface area contributed by atoms with Gasteiger partial charge in [-0.1, -0.05) is 12.8 Å². The molecule has 0 unspecified atom stereocenters. The average molecular weight is 278 g/mol. The second-order valence-corrected chi connectivity index (χ2v) is 7.96. The Morgan fingerprint density at radius 2 is 1.37 bits per heavy atom. The van der Waals surface area contributed by atoms with E-state index in [4.69, 9.17) is 12.2 Å². The third-order valence-electron chi connectivity index (χ3n) is 6.21. The average Bonchev–Trinajstić information content (AvgIpc) is 2.85. The Morgan fingerprint density at radius 1 is 0.789 bits per heavy atom. The number of thiocarbonyl (C=S) groups is 1. The van der Waals surface area contributed by atoms with Crippen LogP contribution in [0.15, 0.2) is 0 Å². The first kappa shape index (κ1) is 12.4. The van der Waals surface area contributed by atoms with Crippen molar-refractivity contribution in [2.45, 2.75) is 69.9 Å². The van der Waals surface area contributed by atoms with E-state index in [1.807, 2.05) is 0 Å². The second-order valence-electron chi connectivity index (χ2n) is 7.56. The van der Waals surface area contributed by atoms with Crippen LogP contribution in [0.4, 0.5) is 0 Å². The zero-order chi connectivity index (χ0) is 12.8. The van der Waals surface area contributed by atoms with Crippen LogP contribution in [-0.2, 0) is 0 Å². The molecule has 0 aliphatic heterocycles. The minimum atomic E-state index is 0.650. The van der Waals surface area contributed by atoms with Crippen molar-refractivity contribution in [3.63, 3.8) is 0 Å². The third-order valence-corrected chi connectivity index (χ3v) is 6.45. The van der Waals surface area contributed by atoms with Gasteiger partial charge in [0.05, 0.1) is 0 Å². The predicted molar refractivity (Wildman–Crippen MR) is 82.0 cm³/mol. The van der Waals surface area contributed by atoms with Gasteiger partial charge in [0, 0.05) is 12.1 Å². The van der Waals surface area contributed by atoms with Crippen LogP contribution in [-0.4, -0.2) is 17.2 Å². The van der Waals surface area contributed by atoms with Gasteiger partial charge >= 0.3 is 0 Å². The van der Waals surface area contributed by atoms with Crippen molar-refractivity contribution in [3.05, 3.63) is 0 Å². The zero-order valence-electron chi connectivity index (χ0n) is 11.7. The second kappa shape index (κ2) is 4.91. The van der Waals surface area contributed by atoms with E-state index in [-0.39, 0.29) is 0 Å². The molecule has 19 heavy (non-hydrogen) atoms. The topological polar surface area (TPSA) is 24.1 Å². The van der Waals surface area contributed by atoms with E-state index in [2.05, 4.69) is 10.6 Å². The van der Waals surface area contributed by atoms with Crippen LogP contribution in [0, 0.1) is 23.7 Å². The fraction of sp³-hybridized carbons (Fsp3) is 0.938. The Labute approximate surface area is 122 Å². The van der Waals surface area contributed by atoms with Gasteiger partial charge < -0.3 is 10.6 Å². The summed E-state index contributed by atoms with van der Waals surface area (Å²) >= 11 is 5.57. The molecular formula is C16H26N2S. The molecule has 0 saturated heterocycles. The molecule has 5 rings (SSSR count). The first-order chi connectivity index (χ1) is 9.28. The first-order valence-electron chi connectivity index (χ1n) is 8.35. The molecule has 2 nitrogen and oxygen atoms in total. The summed E-state index contributed by atoms with van der Waals surface area (Å²) in [5, 5.41) is 8.22. The number of nitrogens with one attached hydrogen (secondary N) is 2. The number of hydrogen-bond donors (Lipinski definition) is 2. The van der Waals surface area contributed by atoms with Gasteiger partial charge in [-0.3, -0.25) is 0 Å². The highest BCUT2D eigenvalue weighted by atomic mass is 32.1. The molecule has 0 heterocycles. The van der Waals surface area contributed by atoms with Gasteiger partial charge in [-0.2, -0.15) is 0 Å². The van der Waals surface area contributed by atoms with Gasteiger partial charge in [-0.25, -0.2) is 0 Å². The van der Waals surface area contributed by atoms with Crippen LogP contribution >= 0.6 is 12.2 Å². The Balaban J connectivity index is 1.36. The van der Waals surface area contributed by atoms with Crippen LogP contribution in [0.5, 0.6) is 0 Å². The van der Waals surface area contributed by atoms with Crippen LogP contribution in [0.3, 0.4) is 0 Å².